The van der Waals surface area contributed by atoms with Crippen LogP contribution in [0.25, 0.3) is 0 Å². The Hall–Kier alpha value is -0.630. The van der Waals surface area contributed by atoms with Gasteiger partial charge in [-0.05, 0) is 34.1 Å². The molecule has 0 saturated heterocycles. The van der Waals surface area contributed by atoms with Crippen molar-refractivity contribution in [2.75, 3.05) is 33.9 Å². The molecule has 0 saturated carbocycles. The van der Waals surface area contributed by atoms with Crippen LogP contribution in [-0.4, -0.2) is 46.6 Å². The second kappa shape index (κ2) is 7.23. The van der Waals surface area contributed by atoms with Gasteiger partial charge in [0.05, 0.1) is 23.1 Å². The van der Waals surface area contributed by atoms with E-state index in [1.165, 1.54) is 17.5 Å². The van der Waals surface area contributed by atoms with Gasteiger partial charge in [0.2, 0.25) is 10.0 Å². The fraction of sp³-hybridized carbons (Fsp3) is 0.500. The molecule has 0 spiro atoms. The van der Waals surface area contributed by atoms with Crippen LogP contribution in [0.15, 0.2) is 27.6 Å². The second-order valence-electron chi connectivity index (χ2n) is 3.79. The van der Waals surface area contributed by atoms with E-state index < -0.39 is 10.0 Å². The van der Waals surface area contributed by atoms with E-state index in [9.17, 15) is 8.42 Å². The standard InChI is InChI=1S/C12H18BrNO4S/c1-4-14(7-8-17-2)19(15,16)10-5-6-12(18-3)11(13)9-10/h5-6,9H,4,7-8H2,1-3H3. The maximum absolute atomic E-state index is 12.4. The third-order valence-corrected chi connectivity index (χ3v) is 5.25. The molecular formula is C12H18BrNO4S. The predicted octanol–water partition coefficient (Wildman–Crippen LogP) is 2.11. The molecule has 0 aliphatic rings. The van der Waals surface area contributed by atoms with Crippen molar-refractivity contribution in [1.82, 2.24) is 4.31 Å². The zero-order valence-corrected chi connectivity index (χ0v) is 13.6. The van der Waals surface area contributed by atoms with Crippen LogP contribution in [0.5, 0.6) is 5.75 Å². The normalized spacial score (nSPS) is 11.8. The first-order chi connectivity index (χ1) is 8.97. The minimum Gasteiger partial charge on any atom is -0.496 e. The third kappa shape index (κ3) is 3.92. The van der Waals surface area contributed by atoms with Gasteiger partial charge in [0.1, 0.15) is 5.75 Å². The summed E-state index contributed by atoms with van der Waals surface area (Å²) in [6.07, 6.45) is 0. The van der Waals surface area contributed by atoms with Crippen LogP contribution < -0.4 is 4.74 Å². The van der Waals surface area contributed by atoms with Crippen molar-refractivity contribution in [2.45, 2.75) is 11.8 Å². The van der Waals surface area contributed by atoms with E-state index in [1.54, 1.807) is 26.2 Å². The third-order valence-electron chi connectivity index (χ3n) is 2.66. The zero-order valence-electron chi connectivity index (χ0n) is 11.2. The highest BCUT2D eigenvalue weighted by molar-refractivity contribution is 9.10. The Kier molecular flexibility index (Phi) is 6.25. The molecule has 0 N–H and O–H groups in total. The topological polar surface area (TPSA) is 55.8 Å². The van der Waals surface area contributed by atoms with Crippen LogP contribution in [0.4, 0.5) is 0 Å². The predicted molar refractivity (Wildman–Crippen MR) is 77.0 cm³/mol. The van der Waals surface area contributed by atoms with Crippen LogP contribution in [0.1, 0.15) is 6.92 Å². The van der Waals surface area contributed by atoms with Crippen LogP contribution in [0, 0.1) is 0 Å². The molecule has 108 valence electrons. The number of methoxy groups -OCH3 is 2. The number of ether oxygens (including phenoxy) is 2. The maximum Gasteiger partial charge on any atom is 0.243 e. The molecule has 5 nitrogen and oxygen atoms in total. The van der Waals surface area contributed by atoms with Gasteiger partial charge < -0.3 is 9.47 Å². The lowest BCUT2D eigenvalue weighted by Gasteiger charge is -2.20. The van der Waals surface area contributed by atoms with Crippen molar-refractivity contribution in [3.63, 3.8) is 0 Å². The molecule has 0 amide bonds. The smallest absolute Gasteiger partial charge is 0.243 e. The molecule has 0 bridgehead atoms. The summed E-state index contributed by atoms with van der Waals surface area (Å²) in [4.78, 5) is 0.234. The van der Waals surface area contributed by atoms with Crippen LogP contribution in [0.2, 0.25) is 0 Å². The van der Waals surface area contributed by atoms with Crippen molar-refractivity contribution in [1.29, 1.82) is 0 Å². The molecule has 0 fully saturated rings. The molecule has 0 atom stereocenters. The van der Waals surface area contributed by atoms with E-state index in [0.717, 1.165) is 0 Å². The minimum atomic E-state index is -3.50. The van der Waals surface area contributed by atoms with E-state index in [0.29, 0.717) is 29.9 Å². The van der Waals surface area contributed by atoms with Gasteiger partial charge in [0.15, 0.2) is 0 Å². The lowest BCUT2D eigenvalue weighted by Crippen LogP contribution is -2.33. The number of hydrogen-bond donors (Lipinski definition) is 0. The Morgan fingerprint density at radius 1 is 1.32 bits per heavy atom. The lowest BCUT2D eigenvalue weighted by molar-refractivity contribution is 0.180. The van der Waals surface area contributed by atoms with Crippen LogP contribution in [0.3, 0.4) is 0 Å². The molecule has 0 aliphatic heterocycles. The summed E-state index contributed by atoms with van der Waals surface area (Å²) < 4.78 is 36.9. The van der Waals surface area contributed by atoms with Crippen molar-refractivity contribution in [2.24, 2.45) is 0 Å². The lowest BCUT2D eigenvalue weighted by atomic mass is 10.3. The molecule has 1 rings (SSSR count). The number of nitrogens with zero attached hydrogens (tertiary/aromatic N) is 1. The van der Waals surface area contributed by atoms with Gasteiger partial charge in [-0.1, -0.05) is 6.92 Å². The average Bonchev–Trinajstić information content (AvgIpc) is 2.39. The van der Waals surface area contributed by atoms with Crippen molar-refractivity contribution >= 4 is 26.0 Å². The quantitative estimate of drug-likeness (QED) is 0.754. The Morgan fingerprint density at radius 2 is 2.00 bits per heavy atom. The van der Waals surface area contributed by atoms with Crippen molar-refractivity contribution in [3.05, 3.63) is 22.7 Å². The largest absolute Gasteiger partial charge is 0.496 e. The van der Waals surface area contributed by atoms with Gasteiger partial charge in [-0.15, -0.1) is 0 Å². The summed E-state index contributed by atoms with van der Waals surface area (Å²) in [6, 6.07) is 4.71. The SMILES string of the molecule is CCN(CCOC)S(=O)(=O)c1ccc(OC)c(Br)c1. The maximum atomic E-state index is 12.4. The van der Waals surface area contributed by atoms with Gasteiger partial charge in [-0.3, -0.25) is 0 Å². The van der Waals surface area contributed by atoms with E-state index >= 15 is 0 Å². The first-order valence-corrected chi connectivity index (χ1v) is 8.03. The van der Waals surface area contributed by atoms with Crippen LogP contribution >= 0.6 is 15.9 Å². The van der Waals surface area contributed by atoms with E-state index in [4.69, 9.17) is 9.47 Å². The van der Waals surface area contributed by atoms with Gasteiger partial charge in [-0.25, -0.2) is 8.42 Å². The van der Waals surface area contributed by atoms with E-state index in [2.05, 4.69) is 15.9 Å². The van der Waals surface area contributed by atoms with Crippen molar-refractivity contribution in [3.8, 4) is 5.75 Å². The highest BCUT2D eigenvalue weighted by Gasteiger charge is 2.23. The Labute approximate surface area is 122 Å². The van der Waals surface area contributed by atoms with Gasteiger partial charge in [0, 0.05) is 20.2 Å². The summed E-state index contributed by atoms with van der Waals surface area (Å²) in [7, 11) is -0.424. The Balaban J connectivity index is 3.07. The number of likely N-dealkylation sites (N-methyl/N-ethyl adjacent to an activating group) is 1. The highest BCUT2D eigenvalue weighted by atomic mass is 79.9. The fourth-order valence-corrected chi connectivity index (χ4v) is 3.75. The molecule has 0 aromatic heterocycles. The number of rotatable bonds is 7. The molecule has 0 unspecified atom stereocenters. The van der Waals surface area contributed by atoms with Crippen LogP contribution in [-0.2, 0) is 14.8 Å². The second-order valence-corrected chi connectivity index (χ2v) is 6.58. The Bertz CT molecular complexity index is 518. The monoisotopic (exact) mass is 351 g/mol. The Morgan fingerprint density at radius 3 is 2.47 bits per heavy atom. The summed E-state index contributed by atoms with van der Waals surface area (Å²) in [5, 5.41) is 0. The highest BCUT2D eigenvalue weighted by Crippen LogP contribution is 2.28. The molecule has 1 aromatic rings. The summed E-state index contributed by atoms with van der Waals surface area (Å²) in [5.74, 6) is 0.596. The number of benzene rings is 1. The van der Waals surface area contributed by atoms with Gasteiger partial charge in [0.25, 0.3) is 0 Å². The molecular weight excluding hydrogens is 334 g/mol. The van der Waals surface area contributed by atoms with Gasteiger partial charge >= 0.3 is 0 Å². The summed E-state index contributed by atoms with van der Waals surface area (Å²) in [5.41, 5.74) is 0. The number of hydrogen-bond acceptors (Lipinski definition) is 4. The molecule has 0 aliphatic carbocycles. The first kappa shape index (κ1) is 16.4. The van der Waals surface area contributed by atoms with E-state index in [1.807, 2.05) is 0 Å². The van der Waals surface area contributed by atoms with Gasteiger partial charge in [-0.2, -0.15) is 4.31 Å². The minimum absolute atomic E-state index is 0.234. The first-order valence-electron chi connectivity index (χ1n) is 5.80. The zero-order chi connectivity index (χ0) is 14.5. The molecule has 0 radical (unpaired) electrons. The molecule has 1 aromatic carbocycles. The number of halogens is 1. The molecule has 0 heterocycles. The average molecular weight is 352 g/mol. The van der Waals surface area contributed by atoms with Crippen molar-refractivity contribution < 1.29 is 17.9 Å². The number of sulfonamides is 1. The fourth-order valence-electron chi connectivity index (χ4n) is 1.60. The molecule has 19 heavy (non-hydrogen) atoms. The molecule has 7 heteroatoms. The van der Waals surface area contributed by atoms with E-state index in [-0.39, 0.29) is 4.90 Å². The summed E-state index contributed by atoms with van der Waals surface area (Å²) >= 11 is 3.29. The summed E-state index contributed by atoms with van der Waals surface area (Å²) in [6.45, 7) is 2.89.